The second kappa shape index (κ2) is 4.82. The molecule has 1 aromatic heterocycles. The third kappa shape index (κ3) is 2.35. The number of imidazole rings is 1. The second-order valence-electron chi connectivity index (χ2n) is 4.53. The van der Waals surface area contributed by atoms with Crippen LogP contribution in [0.5, 0.6) is 0 Å². The maximum atomic E-state index is 13.5. The first kappa shape index (κ1) is 11.9. The van der Waals surface area contributed by atoms with Gasteiger partial charge in [-0.2, -0.15) is 0 Å². The molecule has 2 N–H and O–H groups in total. The predicted octanol–water partition coefficient (Wildman–Crippen LogP) is 2.68. The van der Waals surface area contributed by atoms with Crippen molar-refractivity contribution in [3.05, 3.63) is 65.7 Å². The topological polar surface area (TPSA) is 43.8 Å². The Kier molecular flexibility index (Phi) is 3.01. The Labute approximate surface area is 110 Å². The monoisotopic (exact) mass is 255 g/mol. The van der Waals surface area contributed by atoms with E-state index in [0.29, 0.717) is 13.1 Å². The summed E-state index contributed by atoms with van der Waals surface area (Å²) in [5.41, 5.74) is 9.25. The Morgan fingerprint density at radius 2 is 1.89 bits per heavy atom. The number of hydrogen-bond acceptors (Lipinski definition) is 2. The number of hydrogen-bond donors (Lipinski definition) is 1. The Balaban J connectivity index is 1.99. The lowest BCUT2D eigenvalue weighted by atomic mass is 10.1. The molecule has 0 spiro atoms. The zero-order valence-electron chi connectivity index (χ0n) is 10.4. The third-order valence-electron chi connectivity index (χ3n) is 3.13. The maximum absolute atomic E-state index is 13.5. The van der Waals surface area contributed by atoms with Crippen molar-refractivity contribution in [2.45, 2.75) is 13.1 Å². The molecule has 4 heteroatoms. The molecule has 0 amide bonds. The molecule has 0 aliphatic carbocycles. The largest absolute Gasteiger partial charge is 0.326 e. The summed E-state index contributed by atoms with van der Waals surface area (Å²) in [6, 6.07) is 12.8. The van der Waals surface area contributed by atoms with E-state index in [9.17, 15) is 4.39 Å². The highest BCUT2D eigenvalue weighted by molar-refractivity contribution is 5.75. The van der Waals surface area contributed by atoms with Gasteiger partial charge in [-0.1, -0.05) is 18.2 Å². The summed E-state index contributed by atoms with van der Waals surface area (Å²) < 4.78 is 15.5. The first-order valence-corrected chi connectivity index (χ1v) is 6.14. The molecule has 0 aliphatic heterocycles. The van der Waals surface area contributed by atoms with E-state index >= 15 is 0 Å². The van der Waals surface area contributed by atoms with E-state index in [-0.39, 0.29) is 5.82 Å². The highest BCUT2D eigenvalue weighted by atomic mass is 19.1. The molecule has 3 rings (SSSR count). The molecular formula is C15H14FN3. The van der Waals surface area contributed by atoms with E-state index in [1.54, 1.807) is 6.33 Å². The summed E-state index contributed by atoms with van der Waals surface area (Å²) in [5, 5.41) is 0. The lowest BCUT2D eigenvalue weighted by Crippen LogP contribution is -2.02. The van der Waals surface area contributed by atoms with Gasteiger partial charge < -0.3 is 10.3 Å². The Morgan fingerprint density at radius 3 is 2.74 bits per heavy atom. The quantitative estimate of drug-likeness (QED) is 0.782. The van der Waals surface area contributed by atoms with Gasteiger partial charge in [0.15, 0.2) is 0 Å². The van der Waals surface area contributed by atoms with Gasteiger partial charge in [0.2, 0.25) is 0 Å². The highest BCUT2D eigenvalue weighted by Gasteiger charge is 2.04. The molecule has 0 atom stereocenters. The number of fused-ring (bicyclic) bond motifs is 1. The zero-order chi connectivity index (χ0) is 13.2. The fourth-order valence-electron chi connectivity index (χ4n) is 2.26. The van der Waals surface area contributed by atoms with Gasteiger partial charge in [0.25, 0.3) is 0 Å². The van der Waals surface area contributed by atoms with Crippen LogP contribution in [0, 0.1) is 5.82 Å². The van der Waals surface area contributed by atoms with Gasteiger partial charge in [0, 0.05) is 13.1 Å². The van der Waals surface area contributed by atoms with Gasteiger partial charge in [-0.25, -0.2) is 9.37 Å². The first-order valence-electron chi connectivity index (χ1n) is 6.14. The lowest BCUT2D eigenvalue weighted by Gasteiger charge is -2.07. The van der Waals surface area contributed by atoms with Crippen molar-refractivity contribution in [3.8, 4) is 0 Å². The van der Waals surface area contributed by atoms with E-state index in [1.807, 2.05) is 34.9 Å². The van der Waals surface area contributed by atoms with E-state index in [0.717, 1.165) is 22.2 Å². The summed E-state index contributed by atoms with van der Waals surface area (Å²) in [7, 11) is 0. The second-order valence-corrected chi connectivity index (χ2v) is 4.53. The fourth-order valence-corrected chi connectivity index (χ4v) is 2.26. The number of para-hydroxylation sites is 2. The summed E-state index contributed by atoms with van der Waals surface area (Å²) in [5.74, 6) is -0.248. The van der Waals surface area contributed by atoms with E-state index in [1.165, 1.54) is 12.1 Å². The summed E-state index contributed by atoms with van der Waals surface area (Å²) in [6.45, 7) is 0.931. The number of nitrogens with two attached hydrogens (primary N) is 1. The molecule has 0 saturated heterocycles. The minimum absolute atomic E-state index is 0.248. The minimum atomic E-state index is -0.248. The smallest absolute Gasteiger partial charge is 0.123 e. The molecule has 96 valence electrons. The summed E-state index contributed by atoms with van der Waals surface area (Å²) >= 11 is 0. The van der Waals surface area contributed by atoms with Crippen LogP contribution in [-0.4, -0.2) is 9.55 Å². The lowest BCUT2D eigenvalue weighted by molar-refractivity contribution is 0.621. The molecule has 0 saturated carbocycles. The van der Waals surface area contributed by atoms with Gasteiger partial charge >= 0.3 is 0 Å². The zero-order valence-corrected chi connectivity index (χ0v) is 10.4. The third-order valence-corrected chi connectivity index (χ3v) is 3.13. The molecule has 3 aromatic rings. The number of aromatic nitrogens is 2. The normalized spacial score (nSPS) is 11.1. The number of halogens is 1. The Hall–Kier alpha value is -2.20. The highest BCUT2D eigenvalue weighted by Crippen LogP contribution is 2.15. The first-order chi connectivity index (χ1) is 9.26. The molecule has 2 aromatic carbocycles. The SMILES string of the molecule is NCc1cc(F)cc(Cn2cnc3ccccc32)c1. The maximum Gasteiger partial charge on any atom is 0.123 e. The van der Waals surface area contributed by atoms with Crippen LogP contribution < -0.4 is 5.73 Å². The van der Waals surface area contributed by atoms with Crippen molar-refractivity contribution in [2.24, 2.45) is 5.73 Å². The Morgan fingerprint density at radius 1 is 1.11 bits per heavy atom. The van der Waals surface area contributed by atoms with Crippen molar-refractivity contribution < 1.29 is 4.39 Å². The molecule has 0 radical (unpaired) electrons. The van der Waals surface area contributed by atoms with Crippen molar-refractivity contribution in [1.82, 2.24) is 9.55 Å². The van der Waals surface area contributed by atoms with Crippen LogP contribution in [-0.2, 0) is 13.1 Å². The summed E-state index contributed by atoms with van der Waals surface area (Å²) in [4.78, 5) is 4.32. The van der Waals surface area contributed by atoms with Gasteiger partial charge in [0.05, 0.1) is 17.4 Å². The minimum Gasteiger partial charge on any atom is -0.326 e. The van der Waals surface area contributed by atoms with Gasteiger partial charge in [-0.15, -0.1) is 0 Å². The predicted molar refractivity (Wildman–Crippen MR) is 73.1 cm³/mol. The van der Waals surface area contributed by atoms with Crippen LogP contribution in [0.25, 0.3) is 11.0 Å². The van der Waals surface area contributed by atoms with E-state index in [2.05, 4.69) is 4.98 Å². The van der Waals surface area contributed by atoms with Gasteiger partial charge in [-0.05, 0) is 35.4 Å². The standard InChI is InChI=1S/C15H14FN3/c16-13-6-11(8-17)5-12(7-13)9-19-10-18-14-3-1-2-4-15(14)19/h1-7,10H,8-9,17H2. The van der Waals surface area contributed by atoms with Crippen molar-refractivity contribution >= 4 is 11.0 Å². The number of nitrogens with zero attached hydrogens (tertiary/aromatic N) is 2. The molecule has 19 heavy (non-hydrogen) atoms. The van der Waals surface area contributed by atoms with Crippen molar-refractivity contribution in [2.75, 3.05) is 0 Å². The molecule has 0 aliphatic rings. The Bertz CT molecular complexity index is 718. The van der Waals surface area contributed by atoms with Crippen LogP contribution in [0.1, 0.15) is 11.1 Å². The molecule has 3 nitrogen and oxygen atoms in total. The van der Waals surface area contributed by atoms with Crippen molar-refractivity contribution in [1.29, 1.82) is 0 Å². The van der Waals surface area contributed by atoms with Crippen LogP contribution in [0.3, 0.4) is 0 Å². The van der Waals surface area contributed by atoms with Crippen LogP contribution in [0.4, 0.5) is 4.39 Å². The van der Waals surface area contributed by atoms with E-state index < -0.39 is 0 Å². The molecular weight excluding hydrogens is 241 g/mol. The molecule has 0 fully saturated rings. The van der Waals surface area contributed by atoms with Gasteiger partial charge in [-0.3, -0.25) is 0 Å². The molecule has 0 bridgehead atoms. The van der Waals surface area contributed by atoms with Crippen LogP contribution in [0.2, 0.25) is 0 Å². The van der Waals surface area contributed by atoms with Crippen LogP contribution >= 0.6 is 0 Å². The molecule has 0 unspecified atom stereocenters. The average Bonchev–Trinajstić information content (AvgIpc) is 2.82. The average molecular weight is 255 g/mol. The fraction of sp³-hybridized carbons (Fsp3) is 0.133. The molecule has 1 heterocycles. The van der Waals surface area contributed by atoms with Crippen molar-refractivity contribution in [3.63, 3.8) is 0 Å². The number of benzene rings is 2. The number of rotatable bonds is 3. The van der Waals surface area contributed by atoms with E-state index in [4.69, 9.17) is 5.73 Å². The van der Waals surface area contributed by atoms with Gasteiger partial charge in [0.1, 0.15) is 5.82 Å². The summed E-state index contributed by atoms with van der Waals surface area (Å²) in [6.07, 6.45) is 1.78. The van der Waals surface area contributed by atoms with Crippen LogP contribution in [0.15, 0.2) is 48.8 Å².